The lowest BCUT2D eigenvalue weighted by atomic mass is 10.5. The van der Waals surface area contributed by atoms with E-state index >= 15 is 0 Å². The molecule has 0 radical (unpaired) electrons. The molecule has 1 saturated heterocycles. The Morgan fingerprint density at radius 3 is 2.67 bits per heavy atom. The van der Waals surface area contributed by atoms with Crippen LogP contribution in [0.4, 0.5) is 0 Å². The molecule has 68 valence electrons. The van der Waals surface area contributed by atoms with Gasteiger partial charge in [0.15, 0.2) is 0 Å². The summed E-state index contributed by atoms with van der Waals surface area (Å²) in [6.45, 7) is 4.67. The van der Waals surface area contributed by atoms with E-state index in [-0.39, 0.29) is 0 Å². The number of nitrogens with zero attached hydrogens (tertiary/aromatic N) is 4. The lowest BCUT2D eigenvalue weighted by Crippen LogP contribution is -2.42. The van der Waals surface area contributed by atoms with Crippen LogP contribution in [0.2, 0.25) is 0 Å². The van der Waals surface area contributed by atoms with Crippen molar-refractivity contribution in [1.29, 1.82) is 0 Å². The van der Waals surface area contributed by atoms with Gasteiger partial charge in [-0.1, -0.05) is 0 Å². The van der Waals surface area contributed by atoms with Gasteiger partial charge in [0.05, 0.1) is 26.7 Å². The molecule has 0 saturated carbocycles. The third kappa shape index (κ3) is 0.982. The van der Waals surface area contributed by atoms with Gasteiger partial charge in [-0.05, 0) is 0 Å². The summed E-state index contributed by atoms with van der Waals surface area (Å²) >= 11 is 0. The van der Waals surface area contributed by atoms with Gasteiger partial charge in [0, 0.05) is 14.1 Å². The van der Waals surface area contributed by atoms with Gasteiger partial charge in [0.25, 0.3) is 0 Å². The zero-order chi connectivity index (χ0) is 8.72. The average molecular weight is 169 g/mol. The standard InChI is InChI=1S/C8H17N4/c1-9(2)12-7-6-11-5-4-10(3)8(11)12/h4-7H2,1-3H3/q+1. The molecule has 0 bridgehead atoms. The molecule has 2 aliphatic heterocycles. The van der Waals surface area contributed by atoms with Gasteiger partial charge >= 0.3 is 5.96 Å². The summed E-state index contributed by atoms with van der Waals surface area (Å²) in [4.78, 5) is 2.44. The highest BCUT2D eigenvalue weighted by Gasteiger charge is 2.40. The zero-order valence-electron chi connectivity index (χ0n) is 8.12. The number of rotatable bonds is 1. The van der Waals surface area contributed by atoms with Gasteiger partial charge < -0.3 is 0 Å². The summed E-state index contributed by atoms with van der Waals surface area (Å²) in [6, 6.07) is 0. The zero-order valence-corrected chi connectivity index (χ0v) is 8.12. The van der Waals surface area contributed by atoms with Crippen molar-refractivity contribution >= 4 is 5.96 Å². The first-order chi connectivity index (χ1) is 5.70. The molecule has 0 amide bonds. The molecule has 0 spiro atoms. The van der Waals surface area contributed by atoms with Crippen molar-refractivity contribution in [3.05, 3.63) is 0 Å². The van der Waals surface area contributed by atoms with Crippen LogP contribution in [-0.2, 0) is 0 Å². The van der Waals surface area contributed by atoms with E-state index in [1.807, 2.05) is 0 Å². The van der Waals surface area contributed by atoms with E-state index in [1.54, 1.807) is 0 Å². The minimum atomic E-state index is 1.13. The van der Waals surface area contributed by atoms with E-state index in [9.17, 15) is 0 Å². The van der Waals surface area contributed by atoms with Crippen molar-refractivity contribution in [1.82, 2.24) is 14.9 Å². The highest BCUT2D eigenvalue weighted by molar-refractivity contribution is 5.77. The fourth-order valence-electron chi connectivity index (χ4n) is 1.98. The highest BCUT2D eigenvalue weighted by atomic mass is 15.7. The monoisotopic (exact) mass is 169 g/mol. The molecule has 2 heterocycles. The van der Waals surface area contributed by atoms with Crippen LogP contribution < -0.4 is 0 Å². The number of likely N-dealkylation sites (N-methyl/N-ethyl adjacent to an activating group) is 1. The molecule has 0 atom stereocenters. The maximum Gasteiger partial charge on any atom is 0.368 e. The normalized spacial score (nSPS) is 23.0. The average Bonchev–Trinajstić information content (AvgIpc) is 2.53. The molecule has 0 aliphatic carbocycles. The molecule has 4 nitrogen and oxygen atoms in total. The fraction of sp³-hybridized carbons (Fsp3) is 0.875. The highest BCUT2D eigenvalue weighted by Crippen LogP contribution is 2.12. The van der Waals surface area contributed by atoms with Crippen LogP contribution in [-0.4, -0.2) is 72.8 Å². The lowest BCUT2D eigenvalue weighted by Gasteiger charge is -2.19. The Labute approximate surface area is 73.6 Å². The summed E-state index contributed by atoms with van der Waals surface area (Å²) in [5.41, 5.74) is 0. The topological polar surface area (TPSA) is 12.7 Å². The Hall–Kier alpha value is -0.770. The third-order valence-corrected chi connectivity index (χ3v) is 2.63. The molecular weight excluding hydrogens is 152 g/mol. The number of hydrazine groups is 1. The van der Waals surface area contributed by atoms with E-state index in [0.717, 1.165) is 6.54 Å². The Morgan fingerprint density at radius 2 is 2.00 bits per heavy atom. The van der Waals surface area contributed by atoms with Gasteiger partial charge in [-0.2, -0.15) is 10.0 Å². The van der Waals surface area contributed by atoms with Crippen molar-refractivity contribution in [3.8, 4) is 0 Å². The first-order valence-corrected chi connectivity index (χ1v) is 4.48. The van der Waals surface area contributed by atoms with Crippen LogP contribution >= 0.6 is 0 Å². The first-order valence-electron chi connectivity index (χ1n) is 4.48. The fourth-order valence-corrected chi connectivity index (χ4v) is 1.98. The summed E-state index contributed by atoms with van der Waals surface area (Å²) in [6.07, 6.45) is 0. The molecule has 2 rings (SSSR count). The Morgan fingerprint density at radius 1 is 1.25 bits per heavy atom. The maximum atomic E-state index is 2.44. The maximum absolute atomic E-state index is 2.44. The van der Waals surface area contributed by atoms with Gasteiger partial charge in [-0.15, -0.1) is 0 Å². The molecular formula is C8H17N4+. The molecule has 12 heavy (non-hydrogen) atoms. The molecule has 1 fully saturated rings. The number of fused-ring (bicyclic) bond motifs is 1. The van der Waals surface area contributed by atoms with E-state index in [0.29, 0.717) is 0 Å². The largest absolute Gasteiger partial charge is 0.368 e. The van der Waals surface area contributed by atoms with Crippen molar-refractivity contribution in [2.45, 2.75) is 0 Å². The van der Waals surface area contributed by atoms with Gasteiger partial charge in [0.1, 0.15) is 6.54 Å². The molecule has 0 aromatic heterocycles. The van der Waals surface area contributed by atoms with E-state index in [4.69, 9.17) is 0 Å². The Kier molecular flexibility index (Phi) is 1.72. The van der Waals surface area contributed by atoms with E-state index < -0.39 is 0 Å². The predicted molar refractivity (Wildman–Crippen MR) is 48.0 cm³/mol. The van der Waals surface area contributed by atoms with Crippen molar-refractivity contribution in [3.63, 3.8) is 0 Å². The molecule has 0 aromatic carbocycles. The van der Waals surface area contributed by atoms with E-state index in [2.05, 4.69) is 40.6 Å². The summed E-state index contributed by atoms with van der Waals surface area (Å²) in [7, 11) is 6.36. The van der Waals surface area contributed by atoms with Crippen LogP contribution in [0.25, 0.3) is 0 Å². The van der Waals surface area contributed by atoms with Crippen LogP contribution in [0.3, 0.4) is 0 Å². The second-order valence-electron chi connectivity index (χ2n) is 3.68. The van der Waals surface area contributed by atoms with Crippen molar-refractivity contribution < 1.29 is 4.58 Å². The minimum absolute atomic E-state index is 1.13. The third-order valence-electron chi connectivity index (χ3n) is 2.63. The summed E-state index contributed by atoms with van der Waals surface area (Å²) in [5, 5.41) is 4.49. The summed E-state index contributed by atoms with van der Waals surface area (Å²) in [5.74, 6) is 1.38. The van der Waals surface area contributed by atoms with Crippen LogP contribution in [0, 0.1) is 0 Å². The van der Waals surface area contributed by atoms with Gasteiger partial charge in [-0.25, -0.2) is 0 Å². The van der Waals surface area contributed by atoms with E-state index in [1.165, 1.54) is 25.6 Å². The number of hydrogen-bond donors (Lipinski definition) is 0. The Balaban J connectivity index is 2.24. The molecule has 0 unspecified atom stereocenters. The smallest absolute Gasteiger partial charge is 0.263 e. The van der Waals surface area contributed by atoms with Gasteiger partial charge in [0.2, 0.25) is 0 Å². The minimum Gasteiger partial charge on any atom is -0.263 e. The van der Waals surface area contributed by atoms with Crippen LogP contribution in [0.1, 0.15) is 0 Å². The SMILES string of the molecule is CN(C)N1CCN2CC[N+](C)=C21. The van der Waals surface area contributed by atoms with Crippen LogP contribution in [0.15, 0.2) is 0 Å². The van der Waals surface area contributed by atoms with Gasteiger partial charge in [-0.3, -0.25) is 9.48 Å². The molecule has 2 aliphatic rings. The molecule has 0 N–H and O–H groups in total. The molecule has 4 heteroatoms. The molecule has 0 aromatic rings. The lowest BCUT2D eigenvalue weighted by molar-refractivity contribution is -0.493. The number of hydrogen-bond acceptors (Lipinski definition) is 3. The summed E-state index contributed by atoms with van der Waals surface area (Å²) < 4.78 is 2.33. The van der Waals surface area contributed by atoms with Crippen LogP contribution in [0.5, 0.6) is 0 Å². The Bertz CT molecular complexity index is 221. The quantitative estimate of drug-likeness (QED) is 0.472. The predicted octanol–water partition coefficient (Wildman–Crippen LogP) is -0.907. The second-order valence-corrected chi connectivity index (χ2v) is 3.68. The van der Waals surface area contributed by atoms with Crippen molar-refractivity contribution in [2.24, 2.45) is 0 Å². The number of guanidine groups is 1. The van der Waals surface area contributed by atoms with Crippen molar-refractivity contribution in [2.75, 3.05) is 47.3 Å². The second kappa shape index (κ2) is 2.62. The first kappa shape index (κ1) is 7.86.